The number of benzene rings is 1. The first-order valence-corrected chi connectivity index (χ1v) is 6.32. The highest BCUT2D eigenvalue weighted by Crippen LogP contribution is 2.23. The summed E-state index contributed by atoms with van der Waals surface area (Å²) in [6, 6.07) is 5.64. The summed E-state index contributed by atoms with van der Waals surface area (Å²) in [5.41, 5.74) is 1.51. The highest BCUT2D eigenvalue weighted by atomic mass is 19.1. The number of anilines is 2. The highest BCUT2D eigenvalue weighted by molar-refractivity contribution is 5.56. The van der Waals surface area contributed by atoms with Crippen LogP contribution in [0.25, 0.3) is 0 Å². The van der Waals surface area contributed by atoms with Crippen molar-refractivity contribution in [2.24, 2.45) is 0 Å². The van der Waals surface area contributed by atoms with Crippen LogP contribution in [0.4, 0.5) is 15.8 Å². The van der Waals surface area contributed by atoms with Crippen molar-refractivity contribution in [2.45, 2.75) is 39.7 Å². The maximum absolute atomic E-state index is 13.9. The molecule has 0 radical (unpaired) electrons. The molecule has 1 aromatic carbocycles. The van der Waals surface area contributed by atoms with E-state index in [1.165, 1.54) is 0 Å². The highest BCUT2D eigenvalue weighted by Gasteiger charge is 2.10. The second kappa shape index (κ2) is 6.48. The van der Waals surface area contributed by atoms with Crippen molar-refractivity contribution in [2.75, 3.05) is 23.8 Å². The Labute approximate surface area is 104 Å². The smallest absolute Gasteiger partial charge is 0.148 e. The van der Waals surface area contributed by atoms with Crippen molar-refractivity contribution in [3.8, 4) is 0 Å². The Morgan fingerprint density at radius 3 is 2.59 bits per heavy atom. The van der Waals surface area contributed by atoms with Gasteiger partial charge in [-0.2, -0.15) is 0 Å². The summed E-state index contributed by atoms with van der Waals surface area (Å²) in [6.45, 7) is 7.14. The van der Waals surface area contributed by atoms with Crippen molar-refractivity contribution in [3.05, 3.63) is 24.0 Å². The maximum atomic E-state index is 13.9. The van der Waals surface area contributed by atoms with Crippen molar-refractivity contribution in [1.82, 2.24) is 0 Å². The van der Waals surface area contributed by atoms with E-state index in [0.29, 0.717) is 11.7 Å². The molecule has 0 spiro atoms. The van der Waals surface area contributed by atoms with Crippen LogP contribution in [-0.4, -0.2) is 19.6 Å². The van der Waals surface area contributed by atoms with E-state index in [0.717, 1.165) is 25.1 Å². The topological polar surface area (TPSA) is 15.3 Å². The Balaban J connectivity index is 2.72. The number of unbranched alkanes of at least 4 members (excludes halogenated alkanes) is 1. The van der Waals surface area contributed by atoms with Crippen LogP contribution in [0, 0.1) is 5.82 Å². The first kappa shape index (κ1) is 13.8. The Morgan fingerprint density at radius 1 is 1.35 bits per heavy atom. The molecule has 0 saturated heterocycles. The molecule has 0 aliphatic heterocycles. The SMILES string of the molecule is CCCCNc1ccc(N(C)C(C)C)c(F)c1. The lowest BCUT2D eigenvalue weighted by molar-refractivity contribution is 0.614. The second-order valence-electron chi connectivity index (χ2n) is 4.65. The minimum Gasteiger partial charge on any atom is -0.385 e. The van der Waals surface area contributed by atoms with Gasteiger partial charge in [0.15, 0.2) is 0 Å². The van der Waals surface area contributed by atoms with Gasteiger partial charge in [-0.25, -0.2) is 4.39 Å². The summed E-state index contributed by atoms with van der Waals surface area (Å²) in [5, 5.41) is 3.22. The molecule has 0 heterocycles. The van der Waals surface area contributed by atoms with Gasteiger partial charge in [-0.15, -0.1) is 0 Å². The fourth-order valence-corrected chi connectivity index (χ4v) is 1.59. The average Bonchev–Trinajstić information content (AvgIpc) is 2.28. The summed E-state index contributed by atoms with van der Waals surface area (Å²) < 4.78 is 13.9. The molecule has 0 aliphatic rings. The lowest BCUT2D eigenvalue weighted by Crippen LogP contribution is -2.26. The van der Waals surface area contributed by atoms with Gasteiger partial charge in [0.05, 0.1) is 5.69 Å². The fraction of sp³-hybridized carbons (Fsp3) is 0.571. The molecular weight excluding hydrogens is 215 g/mol. The van der Waals surface area contributed by atoms with Crippen molar-refractivity contribution < 1.29 is 4.39 Å². The van der Waals surface area contributed by atoms with E-state index in [1.54, 1.807) is 6.07 Å². The van der Waals surface area contributed by atoms with Gasteiger partial charge in [0.1, 0.15) is 5.82 Å². The molecule has 0 fully saturated rings. The first-order chi connectivity index (χ1) is 8.06. The van der Waals surface area contributed by atoms with Crippen molar-refractivity contribution in [1.29, 1.82) is 0 Å². The van der Waals surface area contributed by atoms with E-state index >= 15 is 0 Å². The fourth-order valence-electron chi connectivity index (χ4n) is 1.59. The molecular formula is C14H23FN2. The van der Waals surface area contributed by atoms with Crippen LogP contribution in [0.15, 0.2) is 18.2 Å². The van der Waals surface area contributed by atoms with E-state index in [-0.39, 0.29) is 5.82 Å². The lowest BCUT2D eigenvalue weighted by atomic mass is 10.2. The van der Waals surface area contributed by atoms with E-state index in [1.807, 2.05) is 37.9 Å². The third kappa shape index (κ3) is 3.91. The van der Waals surface area contributed by atoms with E-state index < -0.39 is 0 Å². The molecule has 0 aromatic heterocycles. The zero-order valence-electron chi connectivity index (χ0n) is 11.3. The molecule has 1 N–H and O–H groups in total. The van der Waals surface area contributed by atoms with Gasteiger partial charge in [-0.05, 0) is 38.5 Å². The molecule has 3 heteroatoms. The molecule has 96 valence electrons. The van der Waals surface area contributed by atoms with Crippen LogP contribution in [-0.2, 0) is 0 Å². The van der Waals surface area contributed by atoms with Crippen LogP contribution in [0.5, 0.6) is 0 Å². The Morgan fingerprint density at radius 2 is 2.06 bits per heavy atom. The third-order valence-corrected chi connectivity index (χ3v) is 2.96. The summed E-state index contributed by atoms with van der Waals surface area (Å²) in [6.07, 6.45) is 2.25. The number of nitrogens with one attached hydrogen (secondary N) is 1. The Bertz CT molecular complexity index is 350. The van der Waals surface area contributed by atoms with E-state index in [4.69, 9.17) is 0 Å². The van der Waals surface area contributed by atoms with Crippen molar-refractivity contribution in [3.63, 3.8) is 0 Å². The Kier molecular flexibility index (Phi) is 5.26. The molecule has 0 amide bonds. The Hall–Kier alpha value is -1.25. The predicted molar refractivity (Wildman–Crippen MR) is 73.3 cm³/mol. The number of rotatable bonds is 6. The monoisotopic (exact) mass is 238 g/mol. The number of nitrogens with zero attached hydrogens (tertiary/aromatic N) is 1. The minimum absolute atomic E-state index is 0.164. The van der Waals surface area contributed by atoms with Crippen LogP contribution in [0.1, 0.15) is 33.6 Å². The lowest BCUT2D eigenvalue weighted by Gasteiger charge is -2.24. The van der Waals surface area contributed by atoms with Crippen LogP contribution >= 0.6 is 0 Å². The summed E-state index contributed by atoms with van der Waals surface area (Å²) >= 11 is 0. The van der Waals surface area contributed by atoms with E-state index in [2.05, 4.69) is 12.2 Å². The summed E-state index contributed by atoms with van der Waals surface area (Å²) in [4.78, 5) is 1.94. The summed E-state index contributed by atoms with van der Waals surface area (Å²) in [7, 11) is 1.91. The molecule has 1 aromatic rings. The molecule has 17 heavy (non-hydrogen) atoms. The number of hydrogen-bond donors (Lipinski definition) is 1. The van der Waals surface area contributed by atoms with Crippen molar-refractivity contribution >= 4 is 11.4 Å². The zero-order chi connectivity index (χ0) is 12.8. The largest absolute Gasteiger partial charge is 0.385 e. The third-order valence-electron chi connectivity index (χ3n) is 2.96. The number of hydrogen-bond acceptors (Lipinski definition) is 2. The van der Waals surface area contributed by atoms with E-state index in [9.17, 15) is 4.39 Å². The quantitative estimate of drug-likeness (QED) is 0.756. The molecule has 0 saturated carbocycles. The zero-order valence-corrected chi connectivity index (χ0v) is 11.3. The second-order valence-corrected chi connectivity index (χ2v) is 4.65. The normalized spacial score (nSPS) is 10.7. The van der Waals surface area contributed by atoms with Gasteiger partial charge >= 0.3 is 0 Å². The van der Waals surface area contributed by atoms with Gasteiger partial charge in [0.25, 0.3) is 0 Å². The molecule has 1 rings (SSSR count). The van der Waals surface area contributed by atoms with Crippen LogP contribution in [0.2, 0.25) is 0 Å². The molecule has 0 atom stereocenters. The minimum atomic E-state index is -0.164. The maximum Gasteiger partial charge on any atom is 0.148 e. The molecule has 0 aliphatic carbocycles. The van der Waals surface area contributed by atoms with Gasteiger partial charge < -0.3 is 10.2 Å². The van der Waals surface area contributed by atoms with Crippen LogP contribution in [0.3, 0.4) is 0 Å². The van der Waals surface area contributed by atoms with Gasteiger partial charge in [-0.1, -0.05) is 13.3 Å². The molecule has 0 unspecified atom stereocenters. The standard InChI is InChI=1S/C14H23FN2/c1-5-6-9-16-12-7-8-14(13(15)10-12)17(4)11(2)3/h7-8,10-11,16H,5-6,9H2,1-4H3. The van der Waals surface area contributed by atoms with Gasteiger partial charge in [0.2, 0.25) is 0 Å². The predicted octanol–water partition coefficient (Wildman–Crippen LogP) is 3.88. The summed E-state index contributed by atoms with van der Waals surface area (Å²) in [5.74, 6) is -0.164. The molecule has 0 bridgehead atoms. The van der Waals surface area contributed by atoms with Gasteiger partial charge in [0, 0.05) is 25.3 Å². The van der Waals surface area contributed by atoms with Crippen LogP contribution < -0.4 is 10.2 Å². The molecule has 2 nitrogen and oxygen atoms in total. The average molecular weight is 238 g/mol. The van der Waals surface area contributed by atoms with Gasteiger partial charge in [-0.3, -0.25) is 0 Å². The first-order valence-electron chi connectivity index (χ1n) is 6.32. The number of halogens is 1.